The molecule has 1 heterocycles. The number of likely N-dealkylation sites (tertiary alicyclic amines) is 1. The molecule has 3 aliphatic rings. The topological polar surface area (TPSA) is 38.8 Å². The zero-order valence-corrected chi connectivity index (χ0v) is 19.1. The van der Waals surface area contributed by atoms with Gasteiger partial charge in [0.15, 0.2) is 17.3 Å². The fraction of sp³-hybridized carbons (Fsp3) is 0.519. The van der Waals surface area contributed by atoms with Crippen molar-refractivity contribution in [3.8, 4) is 11.5 Å². The van der Waals surface area contributed by atoms with Crippen molar-refractivity contribution in [1.29, 1.82) is 0 Å². The Morgan fingerprint density at radius 3 is 2.61 bits per heavy atom. The smallest absolute Gasteiger partial charge is 0.166 e. The van der Waals surface area contributed by atoms with Gasteiger partial charge in [0.25, 0.3) is 0 Å². The van der Waals surface area contributed by atoms with Gasteiger partial charge in [0.05, 0.1) is 13.7 Å². The van der Waals surface area contributed by atoms with Crippen molar-refractivity contribution < 1.29 is 23.0 Å². The standard InChI is InChI=1S/C27H31F2NO3/c1-32-24-13-20-12-21(26(31)23(20)14-25(24)33-17-18-5-6-18)15-27(29)7-9-30(10-8-27)16-19-3-2-4-22(28)11-19/h2-4,11,13-14,18,21H,5-10,12,15-17H2,1H3. The molecule has 0 spiro atoms. The lowest BCUT2D eigenvalue weighted by Gasteiger charge is -2.37. The first-order valence-corrected chi connectivity index (χ1v) is 12.0. The number of alkyl halides is 1. The summed E-state index contributed by atoms with van der Waals surface area (Å²) in [5.41, 5.74) is 1.12. The summed E-state index contributed by atoms with van der Waals surface area (Å²) in [4.78, 5) is 15.3. The van der Waals surface area contributed by atoms with Crippen molar-refractivity contribution in [2.75, 3.05) is 26.8 Å². The van der Waals surface area contributed by atoms with E-state index in [1.54, 1.807) is 19.2 Å². The molecule has 2 fully saturated rings. The minimum absolute atomic E-state index is 0.0168. The molecule has 1 saturated heterocycles. The number of carbonyl (C=O) groups excluding carboxylic acids is 1. The van der Waals surface area contributed by atoms with E-state index in [1.807, 2.05) is 12.1 Å². The molecule has 2 aliphatic carbocycles. The largest absolute Gasteiger partial charge is 0.493 e. The molecular weight excluding hydrogens is 424 g/mol. The molecule has 6 heteroatoms. The Morgan fingerprint density at radius 2 is 1.91 bits per heavy atom. The van der Waals surface area contributed by atoms with Crippen molar-refractivity contribution in [2.24, 2.45) is 11.8 Å². The van der Waals surface area contributed by atoms with Gasteiger partial charge in [-0.3, -0.25) is 9.69 Å². The number of fused-ring (bicyclic) bond motifs is 1. The van der Waals surface area contributed by atoms with E-state index in [9.17, 15) is 9.18 Å². The average molecular weight is 456 g/mol. The highest BCUT2D eigenvalue weighted by atomic mass is 19.1. The van der Waals surface area contributed by atoms with Gasteiger partial charge in [-0.2, -0.15) is 0 Å². The minimum atomic E-state index is -1.35. The Labute approximate surface area is 193 Å². The second kappa shape index (κ2) is 9.05. The lowest BCUT2D eigenvalue weighted by molar-refractivity contribution is 0.0336. The number of benzene rings is 2. The van der Waals surface area contributed by atoms with E-state index in [0.717, 1.165) is 11.1 Å². The summed E-state index contributed by atoms with van der Waals surface area (Å²) in [7, 11) is 1.61. The highest BCUT2D eigenvalue weighted by molar-refractivity contribution is 6.03. The Kier molecular flexibility index (Phi) is 6.12. The molecule has 0 N–H and O–H groups in total. The zero-order valence-electron chi connectivity index (χ0n) is 19.1. The number of piperidine rings is 1. The molecule has 0 bridgehead atoms. The molecule has 0 radical (unpaired) electrons. The van der Waals surface area contributed by atoms with Gasteiger partial charge in [-0.05, 0) is 79.8 Å². The summed E-state index contributed by atoms with van der Waals surface area (Å²) in [5.74, 6) is 1.28. The molecule has 1 saturated carbocycles. The molecular formula is C27H31F2NO3. The van der Waals surface area contributed by atoms with Crippen molar-refractivity contribution in [3.63, 3.8) is 0 Å². The SMILES string of the molecule is COc1cc2c(cc1OCC1CC1)C(=O)C(CC1(F)CCN(Cc3cccc(F)c3)CC1)C2. The van der Waals surface area contributed by atoms with Crippen LogP contribution in [0, 0.1) is 17.7 Å². The zero-order chi connectivity index (χ0) is 23.0. The maximum atomic E-state index is 15.8. The van der Waals surface area contributed by atoms with Crippen LogP contribution in [0.15, 0.2) is 36.4 Å². The molecule has 176 valence electrons. The van der Waals surface area contributed by atoms with Crippen LogP contribution in [0.1, 0.15) is 53.6 Å². The van der Waals surface area contributed by atoms with E-state index in [0.29, 0.717) is 68.5 Å². The van der Waals surface area contributed by atoms with E-state index >= 15 is 4.39 Å². The van der Waals surface area contributed by atoms with E-state index in [-0.39, 0.29) is 23.9 Å². The number of Topliss-reactive ketones (excluding diaryl/α,β-unsaturated/α-hetero) is 1. The van der Waals surface area contributed by atoms with Crippen LogP contribution in [0.5, 0.6) is 11.5 Å². The monoisotopic (exact) mass is 455 g/mol. The molecule has 2 aromatic carbocycles. The predicted octanol–water partition coefficient (Wildman–Crippen LogP) is 5.37. The number of nitrogens with zero attached hydrogens (tertiary/aromatic N) is 1. The van der Waals surface area contributed by atoms with E-state index in [4.69, 9.17) is 9.47 Å². The molecule has 4 nitrogen and oxygen atoms in total. The second-order valence-electron chi connectivity index (χ2n) is 9.94. The van der Waals surface area contributed by atoms with Gasteiger partial charge in [0, 0.05) is 31.1 Å². The van der Waals surface area contributed by atoms with Gasteiger partial charge in [0.1, 0.15) is 11.5 Å². The van der Waals surface area contributed by atoms with Gasteiger partial charge < -0.3 is 9.47 Å². The first-order chi connectivity index (χ1) is 15.9. The third-order valence-electron chi connectivity index (χ3n) is 7.32. The van der Waals surface area contributed by atoms with Gasteiger partial charge in [-0.15, -0.1) is 0 Å². The maximum Gasteiger partial charge on any atom is 0.166 e. The number of carbonyl (C=O) groups is 1. The summed E-state index contributed by atoms with van der Waals surface area (Å²) in [6.07, 6.45) is 3.95. The third kappa shape index (κ3) is 5.06. The van der Waals surface area contributed by atoms with Crippen molar-refractivity contribution in [1.82, 2.24) is 4.90 Å². The lowest BCUT2D eigenvalue weighted by Crippen LogP contribution is -2.42. The highest BCUT2D eigenvalue weighted by Gasteiger charge is 2.42. The Morgan fingerprint density at radius 1 is 1.12 bits per heavy atom. The Balaban J connectivity index is 1.20. The predicted molar refractivity (Wildman–Crippen MR) is 122 cm³/mol. The van der Waals surface area contributed by atoms with Crippen LogP contribution in [0.25, 0.3) is 0 Å². The fourth-order valence-electron chi connectivity index (χ4n) is 5.16. The quantitative estimate of drug-likeness (QED) is 0.536. The summed E-state index contributed by atoms with van der Waals surface area (Å²) in [6, 6.07) is 10.2. The molecule has 0 aromatic heterocycles. The number of methoxy groups -OCH3 is 1. The van der Waals surface area contributed by atoms with Crippen LogP contribution in [0.4, 0.5) is 8.78 Å². The van der Waals surface area contributed by atoms with E-state index < -0.39 is 5.67 Å². The van der Waals surface area contributed by atoms with Crippen molar-refractivity contribution >= 4 is 5.78 Å². The molecule has 1 aliphatic heterocycles. The summed E-state index contributed by atoms with van der Waals surface area (Å²) in [6.45, 7) is 2.47. The number of hydrogen-bond acceptors (Lipinski definition) is 4. The van der Waals surface area contributed by atoms with Gasteiger partial charge in [-0.25, -0.2) is 8.78 Å². The normalized spacial score (nSPS) is 22.3. The molecule has 2 aromatic rings. The fourth-order valence-corrected chi connectivity index (χ4v) is 5.16. The van der Waals surface area contributed by atoms with E-state index in [2.05, 4.69) is 4.90 Å². The van der Waals surface area contributed by atoms with Crippen molar-refractivity contribution in [2.45, 2.75) is 50.7 Å². The lowest BCUT2D eigenvalue weighted by atomic mass is 9.82. The Bertz CT molecular complexity index is 1030. The van der Waals surface area contributed by atoms with Crippen LogP contribution < -0.4 is 9.47 Å². The number of hydrogen-bond donors (Lipinski definition) is 0. The van der Waals surface area contributed by atoms with Gasteiger partial charge in [0.2, 0.25) is 0 Å². The first kappa shape index (κ1) is 22.3. The Hall–Kier alpha value is -2.47. The molecule has 33 heavy (non-hydrogen) atoms. The number of rotatable bonds is 8. The maximum absolute atomic E-state index is 15.8. The number of ketones is 1. The number of ether oxygens (including phenoxy) is 2. The third-order valence-corrected chi connectivity index (χ3v) is 7.32. The molecule has 5 rings (SSSR count). The van der Waals surface area contributed by atoms with Crippen LogP contribution in [0.3, 0.4) is 0 Å². The first-order valence-electron chi connectivity index (χ1n) is 12.0. The minimum Gasteiger partial charge on any atom is -0.493 e. The highest BCUT2D eigenvalue weighted by Crippen LogP contribution is 2.42. The van der Waals surface area contributed by atoms with Gasteiger partial charge in [-0.1, -0.05) is 12.1 Å². The summed E-state index contributed by atoms with van der Waals surface area (Å²) >= 11 is 0. The molecule has 0 amide bonds. The molecule has 1 unspecified atom stereocenters. The van der Waals surface area contributed by atoms with Crippen LogP contribution in [0.2, 0.25) is 0 Å². The van der Waals surface area contributed by atoms with Gasteiger partial charge >= 0.3 is 0 Å². The number of halogens is 2. The van der Waals surface area contributed by atoms with Crippen LogP contribution in [-0.2, 0) is 13.0 Å². The second-order valence-corrected chi connectivity index (χ2v) is 9.94. The van der Waals surface area contributed by atoms with Crippen LogP contribution >= 0.6 is 0 Å². The van der Waals surface area contributed by atoms with Crippen molar-refractivity contribution in [3.05, 3.63) is 58.9 Å². The van der Waals surface area contributed by atoms with E-state index in [1.165, 1.54) is 25.0 Å². The van der Waals surface area contributed by atoms with Crippen LogP contribution in [-0.4, -0.2) is 43.2 Å². The average Bonchev–Trinajstić information content (AvgIpc) is 3.58. The molecule has 1 atom stereocenters. The summed E-state index contributed by atoms with van der Waals surface area (Å²) in [5, 5.41) is 0. The summed E-state index contributed by atoms with van der Waals surface area (Å²) < 4.78 is 40.6.